The molecule has 3 aromatic rings. The first kappa shape index (κ1) is 16.6. The molecule has 0 spiro atoms. The Balaban J connectivity index is 1.77. The van der Waals surface area contributed by atoms with E-state index >= 15 is 0 Å². The van der Waals surface area contributed by atoms with Crippen LogP contribution in [0.25, 0.3) is 0 Å². The zero-order chi connectivity index (χ0) is 16.9. The van der Waals surface area contributed by atoms with Crippen LogP contribution < -0.4 is 5.43 Å². The first-order valence-corrected chi connectivity index (χ1v) is 8.21. The molecule has 24 heavy (non-hydrogen) atoms. The number of hydrogen-bond donors (Lipinski definition) is 1. The average molecular weight is 359 g/mol. The molecule has 0 radical (unpaired) electrons. The van der Waals surface area contributed by atoms with Crippen molar-refractivity contribution in [3.05, 3.63) is 81.6 Å². The van der Waals surface area contributed by atoms with Crippen molar-refractivity contribution in [3.63, 3.8) is 0 Å². The third kappa shape index (κ3) is 3.78. The summed E-state index contributed by atoms with van der Waals surface area (Å²) in [6.07, 6.45) is 1.66. The van der Waals surface area contributed by atoms with Crippen LogP contribution in [-0.2, 0) is 6.54 Å². The van der Waals surface area contributed by atoms with E-state index in [-0.39, 0.29) is 0 Å². The largest absolute Gasteiger partial charge is 0.277 e. The van der Waals surface area contributed by atoms with Gasteiger partial charge in [-0.2, -0.15) is 10.2 Å². The predicted octanol–water partition coefficient (Wildman–Crippen LogP) is 4.99. The summed E-state index contributed by atoms with van der Waals surface area (Å²) < 4.78 is 1.77. The summed E-state index contributed by atoms with van der Waals surface area (Å²) in [4.78, 5) is 0. The van der Waals surface area contributed by atoms with Crippen LogP contribution in [0.4, 0.5) is 5.69 Å². The Kier molecular flexibility index (Phi) is 5.18. The molecule has 122 valence electrons. The summed E-state index contributed by atoms with van der Waals surface area (Å²) in [7, 11) is 0. The zero-order valence-electron chi connectivity index (χ0n) is 13.1. The highest BCUT2D eigenvalue weighted by molar-refractivity contribution is 6.33. The Bertz CT molecular complexity index is 857. The van der Waals surface area contributed by atoms with Crippen molar-refractivity contribution in [2.75, 3.05) is 5.43 Å². The minimum Gasteiger partial charge on any atom is -0.277 e. The van der Waals surface area contributed by atoms with E-state index in [2.05, 4.69) is 15.6 Å². The van der Waals surface area contributed by atoms with Crippen molar-refractivity contribution in [3.8, 4) is 0 Å². The van der Waals surface area contributed by atoms with Crippen LogP contribution in [-0.4, -0.2) is 16.0 Å². The molecule has 0 saturated carbocycles. The van der Waals surface area contributed by atoms with Crippen LogP contribution in [0, 0.1) is 6.92 Å². The Labute approximate surface area is 150 Å². The maximum absolute atomic E-state index is 6.45. The number of anilines is 1. The molecule has 0 saturated heterocycles. The third-order valence-corrected chi connectivity index (χ3v) is 4.27. The van der Waals surface area contributed by atoms with Gasteiger partial charge in [-0.15, -0.1) is 0 Å². The molecule has 1 heterocycles. The lowest BCUT2D eigenvalue weighted by Gasteiger charge is -2.03. The van der Waals surface area contributed by atoms with E-state index in [9.17, 15) is 0 Å². The summed E-state index contributed by atoms with van der Waals surface area (Å²) in [5.74, 6) is 0. The van der Waals surface area contributed by atoms with Gasteiger partial charge in [0.15, 0.2) is 0 Å². The summed E-state index contributed by atoms with van der Waals surface area (Å²) in [5.41, 5.74) is 6.40. The number of hydrogen-bond acceptors (Lipinski definition) is 3. The van der Waals surface area contributed by atoms with Crippen LogP contribution in [0.2, 0.25) is 10.2 Å². The van der Waals surface area contributed by atoms with Gasteiger partial charge in [0.2, 0.25) is 0 Å². The Morgan fingerprint density at radius 1 is 1.08 bits per heavy atom. The molecule has 0 fully saturated rings. The van der Waals surface area contributed by atoms with Gasteiger partial charge < -0.3 is 0 Å². The van der Waals surface area contributed by atoms with E-state index < -0.39 is 0 Å². The van der Waals surface area contributed by atoms with Crippen LogP contribution in [0.5, 0.6) is 0 Å². The Morgan fingerprint density at radius 2 is 1.79 bits per heavy atom. The first-order valence-electron chi connectivity index (χ1n) is 7.45. The standard InChI is InChI=1S/C18H16Cl2N4/c1-13-15(11-21-22-17-10-6-5-9-16(17)19)18(20)24(23-13)12-14-7-3-2-4-8-14/h2-11,22H,12H2,1H3/b21-11-. The van der Waals surface area contributed by atoms with Crippen molar-refractivity contribution in [1.29, 1.82) is 0 Å². The van der Waals surface area contributed by atoms with Crippen molar-refractivity contribution in [2.45, 2.75) is 13.5 Å². The molecule has 0 aliphatic carbocycles. The molecule has 0 amide bonds. The SMILES string of the molecule is Cc1nn(Cc2ccccc2)c(Cl)c1/C=N\Nc1ccccc1Cl. The van der Waals surface area contributed by atoms with Gasteiger partial charge in [-0.05, 0) is 24.6 Å². The quantitative estimate of drug-likeness (QED) is 0.515. The third-order valence-electron chi connectivity index (χ3n) is 3.54. The lowest BCUT2D eigenvalue weighted by atomic mass is 10.2. The molecule has 4 nitrogen and oxygen atoms in total. The van der Waals surface area contributed by atoms with Gasteiger partial charge in [-0.3, -0.25) is 5.43 Å². The minimum atomic E-state index is 0.557. The van der Waals surface area contributed by atoms with E-state index in [1.807, 2.05) is 55.5 Å². The van der Waals surface area contributed by atoms with E-state index in [1.165, 1.54) is 0 Å². The maximum atomic E-state index is 6.45. The van der Waals surface area contributed by atoms with Crippen LogP contribution in [0.1, 0.15) is 16.8 Å². The number of rotatable bonds is 5. The second kappa shape index (κ2) is 7.51. The topological polar surface area (TPSA) is 42.2 Å². The molecule has 2 aromatic carbocycles. The molecule has 0 aliphatic rings. The van der Waals surface area contributed by atoms with Crippen LogP contribution >= 0.6 is 23.2 Å². The Hall–Kier alpha value is -2.30. The van der Waals surface area contributed by atoms with Gasteiger partial charge in [-0.1, -0.05) is 65.7 Å². The van der Waals surface area contributed by atoms with E-state index in [1.54, 1.807) is 17.0 Å². The number of aromatic nitrogens is 2. The highest BCUT2D eigenvalue weighted by Crippen LogP contribution is 2.21. The lowest BCUT2D eigenvalue weighted by Crippen LogP contribution is -2.01. The number of para-hydroxylation sites is 1. The number of hydrazone groups is 1. The van der Waals surface area contributed by atoms with Crippen LogP contribution in [0.15, 0.2) is 59.7 Å². The Morgan fingerprint density at radius 3 is 2.54 bits per heavy atom. The van der Waals surface area contributed by atoms with Gasteiger partial charge in [0.05, 0.1) is 34.7 Å². The van der Waals surface area contributed by atoms with E-state index in [0.717, 1.165) is 22.5 Å². The van der Waals surface area contributed by atoms with Gasteiger partial charge >= 0.3 is 0 Å². The minimum absolute atomic E-state index is 0.557. The smallest absolute Gasteiger partial charge is 0.136 e. The molecule has 1 N–H and O–H groups in total. The molecule has 0 atom stereocenters. The molecular weight excluding hydrogens is 343 g/mol. The van der Waals surface area contributed by atoms with Gasteiger partial charge in [0.25, 0.3) is 0 Å². The highest BCUT2D eigenvalue weighted by Gasteiger charge is 2.12. The predicted molar refractivity (Wildman–Crippen MR) is 100 cm³/mol. The number of nitrogens with one attached hydrogen (secondary N) is 1. The molecular formula is C18H16Cl2N4. The monoisotopic (exact) mass is 358 g/mol. The fourth-order valence-corrected chi connectivity index (χ4v) is 2.75. The molecule has 6 heteroatoms. The molecule has 1 aromatic heterocycles. The van der Waals surface area contributed by atoms with Crippen molar-refractivity contribution in [2.24, 2.45) is 5.10 Å². The van der Waals surface area contributed by atoms with E-state index in [0.29, 0.717) is 16.7 Å². The lowest BCUT2D eigenvalue weighted by molar-refractivity contribution is 0.680. The summed E-state index contributed by atoms with van der Waals surface area (Å²) >= 11 is 12.5. The number of nitrogens with zero attached hydrogens (tertiary/aromatic N) is 3. The summed E-state index contributed by atoms with van der Waals surface area (Å²) in [6, 6.07) is 17.5. The molecule has 0 unspecified atom stereocenters. The number of halogens is 2. The summed E-state index contributed by atoms with van der Waals surface area (Å²) in [6.45, 7) is 2.52. The fraction of sp³-hybridized carbons (Fsp3) is 0.111. The first-order chi connectivity index (χ1) is 11.6. The molecule has 0 bridgehead atoms. The van der Waals surface area contributed by atoms with Gasteiger partial charge in [0, 0.05) is 0 Å². The van der Waals surface area contributed by atoms with E-state index in [4.69, 9.17) is 23.2 Å². The average Bonchev–Trinajstić information content (AvgIpc) is 2.85. The highest BCUT2D eigenvalue weighted by atomic mass is 35.5. The van der Waals surface area contributed by atoms with Crippen molar-refractivity contribution >= 4 is 35.1 Å². The normalized spacial score (nSPS) is 11.1. The zero-order valence-corrected chi connectivity index (χ0v) is 14.6. The van der Waals surface area contributed by atoms with Gasteiger partial charge in [0.1, 0.15) is 5.15 Å². The number of benzene rings is 2. The number of aryl methyl sites for hydroxylation is 1. The second-order valence-corrected chi connectivity index (χ2v) is 6.05. The van der Waals surface area contributed by atoms with Crippen LogP contribution in [0.3, 0.4) is 0 Å². The fourth-order valence-electron chi connectivity index (χ4n) is 2.29. The molecule has 3 rings (SSSR count). The maximum Gasteiger partial charge on any atom is 0.136 e. The van der Waals surface area contributed by atoms with Gasteiger partial charge in [-0.25, -0.2) is 4.68 Å². The van der Waals surface area contributed by atoms with Crippen molar-refractivity contribution in [1.82, 2.24) is 9.78 Å². The molecule has 0 aliphatic heterocycles. The second-order valence-electron chi connectivity index (χ2n) is 5.28. The summed E-state index contributed by atoms with van der Waals surface area (Å²) in [5, 5.41) is 9.87. The van der Waals surface area contributed by atoms with Crippen molar-refractivity contribution < 1.29 is 0 Å².